The molecular weight excluding hydrogens is 158 g/mol. The van der Waals surface area contributed by atoms with E-state index in [0.717, 1.165) is 0 Å². The molecule has 0 aliphatic heterocycles. The van der Waals surface area contributed by atoms with Gasteiger partial charge in [-0.25, -0.2) is 0 Å². The summed E-state index contributed by atoms with van der Waals surface area (Å²) in [7, 11) is 0. The molecule has 0 atom stereocenters. The van der Waals surface area contributed by atoms with Crippen molar-refractivity contribution in [3.05, 3.63) is 0 Å². The van der Waals surface area contributed by atoms with Crippen molar-refractivity contribution in [2.45, 2.75) is 18.9 Å². The Bertz CT molecular complexity index is 266. The summed E-state index contributed by atoms with van der Waals surface area (Å²) in [6.07, 6.45) is 0.0206. The van der Waals surface area contributed by atoms with E-state index < -0.39 is 11.6 Å². The largest absolute Gasteiger partial charge is 0.417 e. The summed E-state index contributed by atoms with van der Waals surface area (Å²) in [6.45, 7) is 1.50. The maximum Gasteiger partial charge on any atom is 0.369 e. The van der Waals surface area contributed by atoms with Crippen LogP contribution in [-0.4, -0.2) is 11.6 Å². The van der Waals surface area contributed by atoms with E-state index in [1.807, 2.05) is 0 Å². The second kappa shape index (κ2) is 3.95. The summed E-state index contributed by atoms with van der Waals surface area (Å²) in [5.41, 5.74) is -2.28. The minimum atomic E-state index is -2.28. The molecule has 0 aliphatic rings. The number of nitriles is 3. The van der Waals surface area contributed by atoms with Gasteiger partial charge in [0.25, 0.3) is 0 Å². The van der Waals surface area contributed by atoms with Crippen molar-refractivity contribution in [2.24, 2.45) is 0 Å². The fraction of sp³-hybridized carbons (Fsp3) is 0.429. The molecule has 0 bridgehead atoms. The van der Waals surface area contributed by atoms with Crippen molar-refractivity contribution in [2.75, 3.05) is 0 Å². The van der Waals surface area contributed by atoms with Crippen LogP contribution >= 0.6 is 0 Å². The van der Waals surface area contributed by atoms with E-state index in [2.05, 4.69) is 4.74 Å². The Kier molecular flexibility index (Phi) is 3.27. The number of carbonyl (C=O) groups excluding carboxylic acids is 1. The minimum absolute atomic E-state index is 0.0206. The predicted octanol–water partition coefficient (Wildman–Crippen LogP) is 0.249. The Morgan fingerprint density at radius 2 is 1.75 bits per heavy atom. The van der Waals surface area contributed by atoms with E-state index in [1.54, 1.807) is 0 Å². The summed E-state index contributed by atoms with van der Waals surface area (Å²) in [6, 6.07) is 3.94. The Morgan fingerprint density at radius 3 is 2.00 bits per heavy atom. The van der Waals surface area contributed by atoms with Crippen LogP contribution in [0.5, 0.6) is 0 Å². The first-order chi connectivity index (χ1) is 5.64. The van der Waals surface area contributed by atoms with Crippen LogP contribution in [0, 0.1) is 34.0 Å². The molecular formula is C7H5N3O2. The molecule has 0 heterocycles. The molecule has 0 rings (SSSR count). The third-order valence-corrected chi connectivity index (χ3v) is 1.03. The van der Waals surface area contributed by atoms with Gasteiger partial charge < -0.3 is 4.74 Å². The molecule has 0 saturated heterocycles. The van der Waals surface area contributed by atoms with Gasteiger partial charge in [-0.2, -0.15) is 15.8 Å². The number of hydrogen-bond acceptors (Lipinski definition) is 5. The van der Waals surface area contributed by atoms with Gasteiger partial charge >= 0.3 is 11.6 Å². The molecule has 5 heteroatoms. The highest BCUT2D eigenvalue weighted by Crippen LogP contribution is 2.07. The number of hydrogen-bond donors (Lipinski definition) is 0. The lowest BCUT2D eigenvalue weighted by Gasteiger charge is -2.08. The average Bonchev–Trinajstić information content (AvgIpc) is 2.14. The van der Waals surface area contributed by atoms with Crippen molar-refractivity contribution < 1.29 is 9.53 Å². The number of esters is 1. The smallest absolute Gasteiger partial charge is 0.369 e. The van der Waals surface area contributed by atoms with E-state index >= 15 is 0 Å². The summed E-state index contributed by atoms with van der Waals surface area (Å²) >= 11 is 0. The SMILES string of the molecule is CCC(=O)OC(C#N)(C#N)C#N. The molecule has 12 heavy (non-hydrogen) atoms. The van der Waals surface area contributed by atoms with Crippen LogP contribution in [-0.2, 0) is 9.53 Å². The molecule has 0 saturated carbocycles. The highest BCUT2D eigenvalue weighted by Gasteiger charge is 2.34. The van der Waals surface area contributed by atoms with Gasteiger partial charge in [-0.1, -0.05) is 6.92 Å². The molecule has 60 valence electrons. The van der Waals surface area contributed by atoms with Crippen molar-refractivity contribution >= 4 is 5.97 Å². The first kappa shape index (κ1) is 9.94. The van der Waals surface area contributed by atoms with Crippen LogP contribution in [0.4, 0.5) is 0 Å². The molecule has 0 aromatic rings. The van der Waals surface area contributed by atoms with Crippen molar-refractivity contribution in [1.82, 2.24) is 0 Å². The molecule has 0 fully saturated rings. The molecule has 0 radical (unpaired) electrons. The van der Waals surface area contributed by atoms with E-state index in [-0.39, 0.29) is 6.42 Å². The Hall–Kier alpha value is -2.06. The molecule has 5 nitrogen and oxygen atoms in total. The van der Waals surface area contributed by atoms with Crippen molar-refractivity contribution in [1.29, 1.82) is 15.8 Å². The molecule has 0 spiro atoms. The average molecular weight is 163 g/mol. The first-order valence-electron chi connectivity index (χ1n) is 3.09. The normalized spacial score (nSPS) is 8.83. The molecule has 0 aromatic carbocycles. The van der Waals surface area contributed by atoms with Gasteiger partial charge in [-0.15, -0.1) is 0 Å². The maximum atomic E-state index is 10.6. The third kappa shape index (κ3) is 1.97. The van der Waals surface area contributed by atoms with Crippen molar-refractivity contribution in [3.8, 4) is 18.2 Å². The molecule has 0 aromatic heterocycles. The van der Waals surface area contributed by atoms with Crippen LogP contribution in [0.15, 0.2) is 0 Å². The van der Waals surface area contributed by atoms with Gasteiger partial charge in [0.05, 0.1) is 0 Å². The summed E-state index contributed by atoms with van der Waals surface area (Å²) in [4.78, 5) is 10.6. The zero-order chi connectivity index (χ0) is 9.61. The number of rotatable bonds is 2. The topological polar surface area (TPSA) is 97.7 Å². The monoisotopic (exact) mass is 163 g/mol. The second-order valence-electron chi connectivity index (χ2n) is 1.84. The fourth-order valence-corrected chi connectivity index (χ4v) is 0.386. The standard InChI is InChI=1S/C7H5N3O2/c1-2-6(11)12-7(3-8,4-9)5-10/h2H2,1H3. The van der Waals surface area contributed by atoms with Crippen LogP contribution in [0.3, 0.4) is 0 Å². The molecule has 0 unspecified atom stereocenters. The first-order valence-corrected chi connectivity index (χ1v) is 3.09. The molecule has 0 amide bonds. The maximum absolute atomic E-state index is 10.6. The third-order valence-electron chi connectivity index (χ3n) is 1.03. The lowest BCUT2D eigenvalue weighted by molar-refractivity contribution is -0.147. The van der Waals surface area contributed by atoms with Crippen molar-refractivity contribution in [3.63, 3.8) is 0 Å². The summed E-state index contributed by atoms with van der Waals surface area (Å²) < 4.78 is 4.31. The van der Waals surface area contributed by atoms with Gasteiger partial charge in [-0.05, 0) is 0 Å². The predicted molar refractivity (Wildman–Crippen MR) is 36.0 cm³/mol. The second-order valence-corrected chi connectivity index (χ2v) is 1.84. The summed E-state index contributed by atoms with van der Waals surface area (Å²) in [5.74, 6) is -0.750. The van der Waals surface area contributed by atoms with Gasteiger partial charge in [0.15, 0.2) is 0 Å². The van der Waals surface area contributed by atoms with Gasteiger partial charge in [-0.3, -0.25) is 4.79 Å². The van der Waals surface area contributed by atoms with E-state index in [9.17, 15) is 4.79 Å². The highest BCUT2D eigenvalue weighted by atomic mass is 16.6. The van der Waals surface area contributed by atoms with Gasteiger partial charge in [0, 0.05) is 6.42 Å². The van der Waals surface area contributed by atoms with E-state index in [0.29, 0.717) is 0 Å². The zero-order valence-corrected chi connectivity index (χ0v) is 6.37. The Balaban J connectivity index is 4.62. The van der Waals surface area contributed by atoms with E-state index in [1.165, 1.54) is 25.1 Å². The van der Waals surface area contributed by atoms with E-state index in [4.69, 9.17) is 15.8 Å². The van der Waals surface area contributed by atoms with Crippen LogP contribution in [0.25, 0.3) is 0 Å². The summed E-state index contributed by atoms with van der Waals surface area (Å²) in [5, 5.41) is 25.0. The number of ether oxygens (including phenoxy) is 1. The fourth-order valence-electron chi connectivity index (χ4n) is 0.386. The molecule has 0 N–H and O–H groups in total. The van der Waals surface area contributed by atoms with Crippen LogP contribution < -0.4 is 0 Å². The van der Waals surface area contributed by atoms with Crippen LogP contribution in [0.2, 0.25) is 0 Å². The van der Waals surface area contributed by atoms with Gasteiger partial charge in [0.1, 0.15) is 18.2 Å². The van der Waals surface area contributed by atoms with Crippen LogP contribution in [0.1, 0.15) is 13.3 Å². The lowest BCUT2D eigenvalue weighted by Crippen LogP contribution is -2.29. The molecule has 0 aliphatic carbocycles. The minimum Gasteiger partial charge on any atom is -0.417 e. The lowest BCUT2D eigenvalue weighted by atomic mass is 10.1. The zero-order valence-electron chi connectivity index (χ0n) is 6.37. The number of nitrogens with zero attached hydrogens (tertiary/aromatic N) is 3. The number of carbonyl (C=O) groups is 1. The highest BCUT2D eigenvalue weighted by molar-refractivity contribution is 5.71. The Morgan fingerprint density at radius 1 is 1.33 bits per heavy atom. The Labute approximate surface area is 69.4 Å². The quantitative estimate of drug-likeness (QED) is 0.543. The van der Waals surface area contributed by atoms with Gasteiger partial charge in [0.2, 0.25) is 0 Å².